The van der Waals surface area contributed by atoms with E-state index in [-0.39, 0.29) is 5.91 Å². The second-order valence-corrected chi connectivity index (χ2v) is 12.0. The summed E-state index contributed by atoms with van der Waals surface area (Å²) in [6.45, 7) is 9.63. The van der Waals surface area contributed by atoms with Crippen LogP contribution in [-0.2, 0) is 16.0 Å². The topological polar surface area (TPSA) is 96.3 Å². The van der Waals surface area contributed by atoms with E-state index in [9.17, 15) is 4.79 Å². The molecule has 1 unspecified atom stereocenters. The number of carbonyl (C=O) groups is 1. The molecular weight excluding hydrogens is 510 g/mol. The summed E-state index contributed by atoms with van der Waals surface area (Å²) in [4.78, 5) is 21.8. The number of nitrogens with one attached hydrogen (secondary N) is 2. The number of hydrogen-bond acceptors (Lipinski definition) is 5. The standard InChI is InChI=1S/C34H67N5O2/c1-3-5-7-9-11-13-15-17-19-21-24-39(25-22-20-18-16-14-12-10-8-6-4-2)26-28-41-27-23-37-34(40)33(35)29-32-30-36-31-38-32/h30-31,33H,3-29,35H2,1-2H3,(H,36,38)(H,37,40). The summed E-state index contributed by atoms with van der Waals surface area (Å²) in [5.74, 6) is -0.147. The van der Waals surface area contributed by atoms with Gasteiger partial charge in [0.05, 0.1) is 25.6 Å². The molecule has 1 heterocycles. The van der Waals surface area contributed by atoms with Crippen LogP contribution in [0.5, 0.6) is 0 Å². The second-order valence-electron chi connectivity index (χ2n) is 12.0. The van der Waals surface area contributed by atoms with Crippen LogP contribution < -0.4 is 11.1 Å². The summed E-state index contributed by atoms with van der Waals surface area (Å²) in [6, 6.07) is -0.576. The van der Waals surface area contributed by atoms with E-state index in [4.69, 9.17) is 10.5 Å². The van der Waals surface area contributed by atoms with E-state index in [0.717, 1.165) is 12.2 Å². The molecule has 1 rings (SSSR count). The molecule has 41 heavy (non-hydrogen) atoms. The van der Waals surface area contributed by atoms with E-state index in [0.29, 0.717) is 26.2 Å². The van der Waals surface area contributed by atoms with Crippen LogP contribution in [-0.4, -0.2) is 66.2 Å². The Morgan fingerprint density at radius 3 is 1.73 bits per heavy atom. The molecule has 0 saturated heterocycles. The Bertz CT molecular complexity index is 646. The van der Waals surface area contributed by atoms with Crippen molar-refractivity contribution < 1.29 is 9.53 Å². The molecule has 7 nitrogen and oxygen atoms in total. The van der Waals surface area contributed by atoms with Crippen molar-refractivity contribution in [3.63, 3.8) is 0 Å². The quantitative estimate of drug-likeness (QED) is 0.0792. The molecule has 240 valence electrons. The van der Waals surface area contributed by atoms with Gasteiger partial charge in [-0.25, -0.2) is 4.98 Å². The van der Waals surface area contributed by atoms with Gasteiger partial charge in [-0.3, -0.25) is 4.79 Å². The van der Waals surface area contributed by atoms with Crippen molar-refractivity contribution in [1.82, 2.24) is 20.2 Å². The van der Waals surface area contributed by atoms with E-state index in [1.165, 1.54) is 142 Å². The van der Waals surface area contributed by atoms with Gasteiger partial charge in [0.1, 0.15) is 0 Å². The molecule has 4 N–H and O–H groups in total. The van der Waals surface area contributed by atoms with Crippen LogP contribution in [0.4, 0.5) is 0 Å². The van der Waals surface area contributed by atoms with Crippen molar-refractivity contribution >= 4 is 5.91 Å². The van der Waals surface area contributed by atoms with Crippen molar-refractivity contribution in [1.29, 1.82) is 0 Å². The van der Waals surface area contributed by atoms with E-state index in [1.54, 1.807) is 12.5 Å². The minimum absolute atomic E-state index is 0.147. The fraction of sp³-hybridized carbons (Fsp3) is 0.882. The summed E-state index contributed by atoms with van der Waals surface area (Å²) >= 11 is 0. The number of aromatic amines is 1. The molecule has 0 aromatic carbocycles. The highest BCUT2D eigenvalue weighted by Crippen LogP contribution is 2.13. The molecule has 0 aliphatic carbocycles. The summed E-state index contributed by atoms with van der Waals surface area (Å²) in [5.41, 5.74) is 6.87. The summed E-state index contributed by atoms with van der Waals surface area (Å²) in [5, 5.41) is 2.89. The predicted molar refractivity (Wildman–Crippen MR) is 174 cm³/mol. The third kappa shape index (κ3) is 23.8. The maximum atomic E-state index is 12.2. The number of amides is 1. The zero-order valence-corrected chi connectivity index (χ0v) is 27.1. The van der Waals surface area contributed by atoms with E-state index < -0.39 is 6.04 Å². The maximum absolute atomic E-state index is 12.2. The average molecular weight is 578 g/mol. The first-order chi connectivity index (χ1) is 20.2. The lowest BCUT2D eigenvalue weighted by molar-refractivity contribution is -0.122. The minimum atomic E-state index is -0.576. The van der Waals surface area contributed by atoms with Gasteiger partial charge in [0.15, 0.2) is 0 Å². The highest BCUT2D eigenvalue weighted by Gasteiger charge is 2.14. The van der Waals surface area contributed by atoms with Gasteiger partial charge in [-0.1, -0.05) is 129 Å². The van der Waals surface area contributed by atoms with Gasteiger partial charge in [-0.05, 0) is 25.9 Å². The molecule has 0 aliphatic heterocycles. The Balaban J connectivity index is 2.17. The van der Waals surface area contributed by atoms with Crippen LogP contribution in [0.3, 0.4) is 0 Å². The Hall–Kier alpha value is -1.44. The molecule has 0 saturated carbocycles. The molecule has 0 radical (unpaired) electrons. The van der Waals surface area contributed by atoms with Gasteiger partial charge < -0.3 is 25.7 Å². The van der Waals surface area contributed by atoms with Gasteiger partial charge in [0, 0.05) is 31.4 Å². The zero-order chi connectivity index (χ0) is 29.6. The number of ether oxygens (including phenoxy) is 1. The van der Waals surface area contributed by atoms with Gasteiger partial charge in [0.2, 0.25) is 5.91 Å². The minimum Gasteiger partial charge on any atom is -0.378 e. The Morgan fingerprint density at radius 1 is 0.780 bits per heavy atom. The largest absolute Gasteiger partial charge is 0.378 e. The van der Waals surface area contributed by atoms with Crippen molar-refractivity contribution in [2.45, 2.75) is 155 Å². The molecule has 0 fully saturated rings. The maximum Gasteiger partial charge on any atom is 0.237 e. The number of nitrogens with two attached hydrogens (primary N) is 1. The van der Waals surface area contributed by atoms with E-state index in [1.807, 2.05) is 0 Å². The van der Waals surface area contributed by atoms with Gasteiger partial charge in [0.25, 0.3) is 0 Å². The second kappa shape index (κ2) is 28.7. The number of unbranched alkanes of at least 4 members (excludes halogenated alkanes) is 18. The van der Waals surface area contributed by atoms with Crippen LogP contribution in [0.1, 0.15) is 148 Å². The summed E-state index contributed by atoms with van der Waals surface area (Å²) < 4.78 is 5.89. The molecule has 7 heteroatoms. The van der Waals surface area contributed by atoms with Crippen molar-refractivity contribution in [2.75, 3.05) is 39.4 Å². The Labute approximate surface area is 253 Å². The Morgan fingerprint density at radius 2 is 1.27 bits per heavy atom. The lowest BCUT2D eigenvalue weighted by Gasteiger charge is -2.22. The third-order valence-electron chi connectivity index (χ3n) is 8.08. The summed E-state index contributed by atoms with van der Waals surface area (Å²) in [7, 11) is 0. The summed E-state index contributed by atoms with van der Waals surface area (Å²) in [6.07, 6.45) is 31.3. The number of rotatable bonds is 31. The molecule has 1 aromatic rings. The predicted octanol–water partition coefficient (Wildman–Crippen LogP) is 7.56. The van der Waals surface area contributed by atoms with Gasteiger partial charge in [-0.2, -0.15) is 0 Å². The normalized spacial score (nSPS) is 12.3. The number of aromatic nitrogens is 2. The number of H-pyrrole nitrogens is 1. The Kier molecular flexibility index (Phi) is 26.3. The van der Waals surface area contributed by atoms with Crippen molar-refractivity contribution in [3.8, 4) is 0 Å². The first-order valence-electron chi connectivity index (χ1n) is 17.5. The van der Waals surface area contributed by atoms with Crippen molar-refractivity contribution in [3.05, 3.63) is 18.2 Å². The highest BCUT2D eigenvalue weighted by atomic mass is 16.5. The SMILES string of the molecule is CCCCCCCCCCCCN(CCCCCCCCCCCC)CCOCCNC(=O)C(N)Cc1cnc[nH]1. The number of imidazole rings is 1. The van der Waals surface area contributed by atoms with Crippen LogP contribution in [0, 0.1) is 0 Å². The lowest BCUT2D eigenvalue weighted by atomic mass is 10.1. The third-order valence-corrected chi connectivity index (χ3v) is 8.08. The van der Waals surface area contributed by atoms with E-state index >= 15 is 0 Å². The van der Waals surface area contributed by atoms with Crippen LogP contribution in [0.2, 0.25) is 0 Å². The van der Waals surface area contributed by atoms with Crippen LogP contribution in [0.15, 0.2) is 12.5 Å². The molecule has 1 aromatic heterocycles. The smallest absolute Gasteiger partial charge is 0.237 e. The zero-order valence-electron chi connectivity index (χ0n) is 27.1. The highest BCUT2D eigenvalue weighted by molar-refractivity contribution is 5.81. The monoisotopic (exact) mass is 578 g/mol. The fourth-order valence-corrected chi connectivity index (χ4v) is 5.38. The van der Waals surface area contributed by atoms with Crippen LogP contribution >= 0.6 is 0 Å². The number of carbonyl (C=O) groups excluding carboxylic acids is 1. The molecule has 0 spiro atoms. The number of nitrogens with zero attached hydrogens (tertiary/aromatic N) is 2. The molecule has 1 amide bonds. The first kappa shape index (κ1) is 37.6. The molecule has 0 bridgehead atoms. The van der Waals surface area contributed by atoms with Gasteiger partial charge in [-0.15, -0.1) is 0 Å². The van der Waals surface area contributed by atoms with Gasteiger partial charge >= 0.3 is 0 Å². The van der Waals surface area contributed by atoms with E-state index in [2.05, 4.69) is 34.0 Å². The molecule has 0 aliphatic rings. The molecular formula is C34H67N5O2. The molecule has 1 atom stereocenters. The average Bonchev–Trinajstić information content (AvgIpc) is 3.49. The number of hydrogen-bond donors (Lipinski definition) is 3. The first-order valence-corrected chi connectivity index (χ1v) is 17.5. The lowest BCUT2D eigenvalue weighted by Crippen LogP contribution is -2.43. The van der Waals surface area contributed by atoms with Crippen molar-refractivity contribution in [2.24, 2.45) is 5.73 Å². The van der Waals surface area contributed by atoms with Crippen LogP contribution in [0.25, 0.3) is 0 Å². The fourth-order valence-electron chi connectivity index (χ4n) is 5.38.